The highest BCUT2D eigenvalue weighted by Crippen LogP contribution is 2.58. The van der Waals surface area contributed by atoms with E-state index >= 15 is 0 Å². The molecule has 0 bridgehead atoms. The van der Waals surface area contributed by atoms with Gasteiger partial charge >= 0.3 is 5.97 Å². The van der Waals surface area contributed by atoms with Crippen LogP contribution in [0.2, 0.25) is 0 Å². The first-order valence-electron chi connectivity index (χ1n) is 14.1. The summed E-state index contributed by atoms with van der Waals surface area (Å²) in [5.74, 6) is 0.346. The van der Waals surface area contributed by atoms with Crippen LogP contribution in [0.4, 0.5) is 5.82 Å². The largest absolute Gasteiger partial charge is 0.469 e. The number of rotatable bonds is 8. The van der Waals surface area contributed by atoms with Gasteiger partial charge in [-0.3, -0.25) is 19.1 Å². The third-order valence-electron chi connectivity index (χ3n) is 8.85. The number of methoxy groups -OCH3 is 1. The van der Waals surface area contributed by atoms with E-state index in [4.69, 9.17) is 10.5 Å². The lowest BCUT2D eigenvalue weighted by atomic mass is 9.96. The van der Waals surface area contributed by atoms with Gasteiger partial charge in [-0.15, -0.1) is 0 Å². The number of piperidine rings is 1. The summed E-state index contributed by atoms with van der Waals surface area (Å²) in [7, 11) is 1.40. The molecule has 0 radical (unpaired) electrons. The number of benzene rings is 2. The molecule has 2 aliphatic rings. The first-order chi connectivity index (χ1) is 20.2. The molecule has 10 nitrogen and oxygen atoms in total. The molecule has 42 heavy (non-hydrogen) atoms. The van der Waals surface area contributed by atoms with Gasteiger partial charge in [0.15, 0.2) is 0 Å². The van der Waals surface area contributed by atoms with Gasteiger partial charge < -0.3 is 20.7 Å². The predicted octanol–water partition coefficient (Wildman–Crippen LogP) is 3.17. The summed E-state index contributed by atoms with van der Waals surface area (Å²) in [6, 6.07) is 11.8. The number of pyridine rings is 1. The number of esters is 1. The number of fused-ring (bicyclic) bond motifs is 2. The Morgan fingerprint density at radius 3 is 2.64 bits per heavy atom. The second-order valence-corrected chi connectivity index (χ2v) is 11.5. The van der Waals surface area contributed by atoms with Crippen molar-refractivity contribution in [3.05, 3.63) is 88.4 Å². The number of amides is 2. The molecule has 1 saturated heterocycles. The molecule has 3 N–H and O–H groups in total. The van der Waals surface area contributed by atoms with Gasteiger partial charge in [-0.25, -0.2) is 4.98 Å². The lowest BCUT2D eigenvalue weighted by Crippen LogP contribution is -2.35. The normalized spacial score (nSPS) is 19.0. The van der Waals surface area contributed by atoms with Crippen molar-refractivity contribution in [2.45, 2.75) is 39.8 Å². The quantitative estimate of drug-likeness (QED) is 0.313. The van der Waals surface area contributed by atoms with E-state index in [1.165, 1.54) is 7.11 Å². The number of hydrogen-bond donors (Lipinski definition) is 2. The lowest BCUT2D eigenvalue weighted by molar-refractivity contribution is -0.147. The van der Waals surface area contributed by atoms with Gasteiger partial charge in [0, 0.05) is 37.4 Å². The summed E-state index contributed by atoms with van der Waals surface area (Å²) < 4.78 is 6.67. The molecule has 2 unspecified atom stereocenters. The van der Waals surface area contributed by atoms with Gasteiger partial charge in [0.2, 0.25) is 5.91 Å². The molecule has 1 aliphatic heterocycles. The minimum absolute atomic E-state index is 0.0242. The van der Waals surface area contributed by atoms with Gasteiger partial charge in [0.25, 0.3) is 5.91 Å². The third kappa shape index (κ3) is 4.97. The van der Waals surface area contributed by atoms with Crippen molar-refractivity contribution in [3.8, 4) is 0 Å². The molecule has 6 rings (SSSR count). The van der Waals surface area contributed by atoms with Crippen LogP contribution < -0.4 is 11.1 Å². The number of likely N-dealkylation sites (tertiary alicyclic amines) is 1. The summed E-state index contributed by atoms with van der Waals surface area (Å²) in [5, 5.41) is 9.33. The van der Waals surface area contributed by atoms with Crippen molar-refractivity contribution in [2.24, 2.45) is 11.3 Å². The van der Waals surface area contributed by atoms with Crippen molar-refractivity contribution >= 4 is 34.4 Å². The molecule has 10 heteroatoms. The van der Waals surface area contributed by atoms with Crippen molar-refractivity contribution in [1.82, 2.24) is 25.0 Å². The van der Waals surface area contributed by atoms with E-state index in [2.05, 4.69) is 15.4 Å². The zero-order valence-corrected chi connectivity index (χ0v) is 24.0. The Morgan fingerprint density at radius 2 is 1.88 bits per heavy atom. The molecule has 3 heterocycles. The van der Waals surface area contributed by atoms with E-state index in [0.717, 1.165) is 45.0 Å². The van der Waals surface area contributed by atoms with Crippen molar-refractivity contribution in [1.29, 1.82) is 0 Å². The highest BCUT2D eigenvalue weighted by Gasteiger charge is 2.66. The fourth-order valence-corrected chi connectivity index (χ4v) is 6.27. The molecule has 4 aromatic rings. The molecule has 2 fully saturated rings. The fourth-order valence-electron chi connectivity index (χ4n) is 6.27. The summed E-state index contributed by atoms with van der Waals surface area (Å²) in [4.78, 5) is 43.8. The summed E-state index contributed by atoms with van der Waals surface area (Å²) in [6.07, 6.45) is 6.10. The number of aryl methyl sites for hydroxylation is 2. The predicted molar refractivity (Wildman–Crippen MR) is 157 cm³/mol. The first-order valence-corrected chi connectivity index (χ1v) is 14.1. The molecule has 2 aromatic heterocycles. The molecular formula is C32H34N6O4. The van der Waals surface area contributed by atoms with Gasteiger partial charge in [-0.05, 0) is 71.5 Å². The number of carbonyl (C=O) groups excluding carboxylic acids is 3. The number of nitrogens with two attached hydrogens (primary N) is 1. The molecular weight excluding hydrogens is 532 g/mol. The van der Waals surface area contributed by atoms with E-state index in [1.54, 1.807) is 28.2 Å². The number of nitrogens with zero attached hydrogens (tertiary/aromatic N) is 4. The third-order valence-corrected chi connectivity index (χ3v) is 8.85. The minimum atomic E-state index is -0.477. The SMILES string of the molecule is COC(=O)C12CC1CN(C(=O)Cc1ccc(Cn3cc(C(=O)NCc4c(C)cc5c(N)nccc5c4C)cn3)cc1)C2. The molecule has 216 valence electrons. The number of nitrogens with one attached hydrogen (secondary N) is 1. The van der Waals surface area contributed by atoms with Crippen LogP contribution in [0, 0.1) is 25.2 Å². The van der Waals surface area contributed by atoms with E-state index in [-0.39, 0.29) is 30.1 Å². The highest BCUT2D eigenvalue weighted by atomic mass is 16.5. The molecule has 2 amide bonds. The van der Waals surface area contributed by atoms with Crippen LogP contribution in [0.25, 0.3) is 10.8 Å². The summed E-state index contributed by atoms with van der Waals surface area (Å²) in [6.45, 7) is 6.00. The first kappa shape index (κ1) is 27.4. The van der Waals surface area contributed by atoms with Crippen LogP contribution in [0.5, 0.6) is 0 Å². The molecule has 1 saturated carbocycles. The zero-order valence-electron chi connectivity index (χ0n) is 24.0. The van der Waals surface area contributed by atoms with Crippen LogP contribution >= 0.6 is 0 Å². The molecule has 0 spiro atoms. The minimum Gasteiger partial charge on any atom is -0.469 e. The van der Waals surface area contributed by atoms with E-state index in [1.807, 2.05) is 50.2 Å². The van der Waals surface area contributed by atoms with E-state index < -0.39 is 5.41 Å². The van der Waals surface area contributed by atoms with Crippen LogP contribution in [-0.4, -0.2) is 57.6 Å². The van der Waals surface area contributed by atoms with Crippen molar-refractivity contribution in [3.63, 3.8) is 0 Å². The van der Waals surface area contributed by atoms with Crippen LogP contribution in [-0.2, 0) is 33.8 Å². The van der Waals surface area contributed by atoms with E-state index in [0.29, 0.717) is 37.6 Å². The number of ether oxygens (including phenoxy) is 1. The van der Waals surface area contributed by atoms with Gasteiger partial charge in [-0.2, -0.15) is 5.10 Å². The van der Waals surface area contributed by atoms with Crippen LogP contribution in [0.3, 0.4) is 0 Å². The molecule has 2 atom stereocenters. The van der Waals surface area contributed by atoms with Gasteiger partial charge in [0.05, 0.1) is 37.3 Å². The average Bonchev–Trinajstić information content (AvgIpc) is 3.28. The average molecular weight is 567 g/mol. The van der Waals surface area contributed by atoms with Crippen LogP contribution in [0.1, 0.15) is 44.6 Å². The zero-order chi connectivity index (χ0) is 29.6. The van der Waals surface area contributed by atoms with Gasteiger partial charge in [-0.1, -0.05) is 24.3 Å². The number of aromatic nitrogens is 3. The standard InChI is InChI=1S/C32H34N6O4/c1-19-10-26-25(8-9-34-29(26)33)20(2)27(19)14-35-30(40)23-13-36-38(16-23)15-22-6-4-21(5-7-22)11-28(39)37-17-24-12-32(24,18-37)31(41)42-3/h4-10,13,16,24H,11-12,14-15,17-18H2,1-3H3,(H2,33,34)(H,35,40). The number of anilines is 1. The number of hydrogen-bond acceptors (Lipinski definition) is 7. The fraction of sp³-hybridized carbons (Fsp3) is 0.344. The van der Waals surface area contributed by atoms with E-state index in [9.17, 15) is 14.4 Å². The maximum atomic E-state index is 12.9. The smallest absolute Gasteiger partial charge is 0.313 e. The van der Waals surface area contributed by atoms with Gasteiger partial charge in [0.1, 0.15) is 5.82 Å². The monoisotopic (exact) mass is 566 g/mol. The topological polar surface area (TPSA) is 132 Å². The summed E-state index contributed by atoms with van der Waals surface area (Å²) >= 11 is 0. The lowest BCUT2D eigenvalue weighted by Gasteiger charge is -2.20. The maximum absolute atomic E-state index is 12.9. The van der Waals surface area contributed by atoms with Crippen LogP contribution in [0.15, 0.2) is 55.0 Å². The second kappa shape index (κ2) is 10.6. The molecule has 1 aliphatic carbocycles. The molecule has 2 aromatic carbocycles. The Balaban J connectivity index is 1.03. The summed E-state index contributed by atoms with van der Waals surface area (Å²) in [5.41, 5.74) is 11.1. The van der Waals surface area contributed by atoms with Crippen molar-refractivity contribution in [2.75, 3.05) is 25.9 Å². The number of carbonyl (C=O) groups is 3. The maximum Gasteiger partial charge on any atom is 0.313 e. The Hall–Kier alpha value is -4.73. The second-order valence-electron chi connectivity index (χ2n) is 11.5. The Labute approximate surface area is 243 Å². The Morgan fingerprint density at radius 1 is 1.12 bits per heavy atom. The van der Waals surface area contributed by atoms with Crippen molar-refractivity contribution < 1.29 is 19.1 Å². The Kier molecular flexibility index (Phi) is 6.92. The number of nitrogen functional groups attached to an aromatic ring is 1. The highest BCUT2D eigenvalue weighted by molar-refractivity contribution is 5.95. The Bertz CT molecular complexity index is 1710.